The van der Waals surface area contributed by atoms with Gasteiger partial charge in [-0.15, -0.1) is 21.5 Å². The molecule has 1 amide bonds. The standard InChI is InChI=1S/C27H28FN5O3S/c1-16-15-37-24(30-16)21-12-19(28)14-33(21)25(34)18-9-10-22(35-3)20(11-18)23-31-32-26(36-23)27(2,29)13-17-7-5-4-6-8-17/h4-11,15,19,21H,12-14,29H2,1-3H3/t19-,21+,27?/m0/s1. The molecule has 0 bridgehead atoms. The molecule has 4 aromatic rings. The Kier molecular flexibility index (Phi) is 6.78. The number of likely N-dealkylation sites (tertiary alicyclic amines) is 1. The lowest BCUT2D eigenvalue weighted by atomic mass is 9.94. The van der Waals surface area contributed by atoms with Gasteiger partial charge in [0.25, 0.3) is 11.8 Å². The highest BCUT2D eigenvalue weighted by molar-refractivity contribution is 7.09. The van der Waals surface area contributed by atoms with Gasteiger partial charge < -0.3 is 19.8 Å². The van der Waals surface area contributed by atoms with Gasteiger partial charge in [-0.25, -0.2) is 9.37 Å². The van der Waals surface area contributed by atoms with E-state index in [9.17, 15) is 9.18 Å². The molecule has 1 aliphatic heterocycles. The van der Waals surface area contributed by atoms with E-state index in [4.69, 9.17) is 14.9 Å². The molecule has 0 saturated carbocycles. The average Bonchev–Trinajstić information content (AvgIpc) is 3.63. The van der Waals surface area contributed by atoms with Crippen LogP contribution in [0.5, 0.6) is 5.75 Å². The maximum absolute atomic E-state index is 14.4. The molecule has 8 nitrogen and oxygen atoms in total. The van der Waals surface area contributed by atoms with E-state index in [1.165, 1.54) is 18.4 Å². The minimum atomic E-state index is -1.11. The number of nitrogens with zero attached hydrogens (tertiary/aromatic N) is 4. The number of carbonyl (C=O) groups is 1. The fourth-order valence-corrected chi connectivity index (χ4v) is 5.52. The van der Waals surface area contributed by atoms with E-state index in [1.54, 1.807) is 23.1 Å². The summed E-state index contributed by atoms with van der Waals surface area (Å²) in [7, 11) is 1.52. The minimum Gasteiger partial charge on any atom is -0.496 e. The third kappa shape index (κ3) is 5.12. The van der Waals surface area contributed by atoms with Gasteiger partial charge in [0.05, 0.1) is 30.8 Å². The van der Waals surface area contributed by atoms with Gasteiger partial charge in [0, 0.05) is 23.1 Å². The Bertz CT molecular complexity index is 1400. The van der Waals surface area contributed by atoms with Crippen molar-refractivity contribution >= 4 is 17.2 Å². The topological polar surface area (TPSA) is 107 Å². The molecule has 192 valence electrons. The van der Waals surface area contributed by atoms with Gasteiger partial charge in [-0.1, -0.05) is 30.3 Å². The Morgan fingerprint density at radius 3 is 2.76 bits per heavy atom. The highest BCUT2D eigenvalue weighted by Crippen LogP contribution is 2.38. The molecule has 0 aliphatic carbocycles. The van der Waals surface area contributed by atoms with Crippen LogP contribution in [0.2, 0.25) is 0 Å². The lowest BCUT2D eigenvalue weighted by Gasteiger charge is -2.23. The van der Waals surface area contributed by atoms with Crippen molar-refractivity contribution in [3.63, 3.8) is 0 Å². The van der Waals surface area contributed by atoms with Crippen LogP contribution in [-0.2, 0) is 12.0 Å². The number of nitrogens with two attached hydrogens (primary N) is 1. The quantitative estimate of drug-likeness (QED) is 0.370. The summed E-state index contributed by atoms with van der Waals surface area (Å²) in [5, 5.41) is 11.1. The lowest BCUT2D eigenvalue weighted by Crippen LogP contribution is -2.35. The number of alkyl halides is 1. The largest absolute Gasteiger partial charge is 0.496 e. The third-order valence-electron chi connectivity index (χ3n) is 6.44. The molecule has 1 saturated heterocycles. The highest BCUT2D eigenvalue weighted by Gasteiger charge is 2.38. The summed E-state index contributed by atoms with van der Waals surface area (Å²) in [6.07, 6.45) is -0.380. The van der Waals surface area contributed by atoms with Crippen LogP contribution in [-0.4, -0.2) is 45.8 Å². The summed E-state index contributed by atoms with van der Waals surface area (Å²) in [6, 6.07) is 14.4. The van der Waals surface area contributed by atoms with E-state index in [2.05, 4.69) is 15.2 Å². The van der Waals surface area contributed by atoms with Crippen LogP contribution in [0.3, 0.4) is 0 Å². The van der Waals surface area contributed by atoms with E-state index < -0.39 is 17.8 Å². The van der Waals surface area contributed by atoms with Gasteiger partial charge in [-0.2, -0.15) is 0 Å². The Morgan fingerprint density at radius 2 is 2.05 bits per heavy atom. The molecular formula is C27H28FN5O3S. The summed E-state index contributed by atoms with van der Waals surface area (Å²) in [5.41, 5.74) is 8.36. The summed E-state index contributed by atoms with van der Waals surface area (Å²) < 4.78 is 26.0. The van der Waals surface area contributed by atoms with Crippen LogP contribution in [0.15, 0.2) is 58.3 Å². The first kappa shape index (κ1) is 25.0. The number of aromatic nitrogens is 3. The molecule has 1 aliphatic rings. The van der Waals surface area contributed by atoms with Gasteiger partial charge >= 0.3 is 0 Å². The molecule has 3 atom stereocenters. The molecule has 37 heavy (non-hydrogen) atoms. The summed E-state index contributed by atoms with van der Waals surface area (Å²) in [4.78, 5) is 19.6. The SMILES string of the molecule is COc1ccc(C(=O)N2C[C@@H](F)C[C@@H]2c2nc(C)cs2)cc1-c1nnc(C(C)(N)Cc2ccccc2)o1. The van der Waals surface area contributed by atoms with Crippen molar-refractivity contribution in [2.45, 2.75) is 44.4 Å². The van der Waals surface area contributed by atoms with Gasteiger partial charge in [-0.05, 0) is 44.0 Å². The maximum Gasteiger partial charge on any atom is 0.254 e. The predicted molar refractivity (Wildman–Crippen MR) is 138 cm³/mol. The highest BCUT2D eigenvalue weighted by atomic mass is 32.1. The van der Waals surface area contributed by atoms with Crippen molar-refractivity contribution < 1.29 is 18.3 Å². The number of thiazole rings is 1. The number of halogens is 1. The first-order valence-corrected chi connectivity index (χ1v) is 12.9. The molecule has 1 fully saturated rings. The number of aryl methyl sites for hydroxylation is 1. The van der Waals surface area contributed by atoms with Crippen LogP contribution < -0.4 is 10.5 Å². The predicted octanol–water partition coefficient (Wildman–Crippen LogP) is 4.85. The van der Waals surface area contributed by atoms with Crippen LogP contribution in [0.25, 0.3) is 11.5 Å². The second kappa shape index (κ2) is 10.0. The van der Waals surface area contributed by atoms with Gasteiger partial charge in [0.1, 0.15) is 16.9 Å². The first-order chi connectivity index (χ1) is 17.7. The van der Waals surface area contributed by atoms with E-state index in [0.717, 1.165) is 16.3 Å². The molecule has 2 aromatic heterocycles. The Labute approximate surface area is 218 Å². The van der Waals surface area contributed by atoms with E-state index in [-0.39, 0.29) is 30.7 Å². The number of hydrogen-bond donors (Lipinski definition) is 1. The zero-order valence-electron chi connectivity index (χ0n) is 20.8. The molecule has 1 unspecified atom stereocenters. The molecule has 5 rings (SSSR count). The molecule has 10 heteroatoms. The summed E-state index contributed by atoms with van der Waals surface area (Å²) in [6.45, 7) is 3.73. The number of carbonyl (C=O) groups excluding carboxylic acids is 1. The number of rotatable bonds is 7. The number of methoxy groups -OCH3 is 1. The Hall–Kier alpha value is -3.63. The van der Waals surface area contributed by atoms with Gasteiger partial charge in [0.2, 0.25) is 5.89 Å². The summed E-state index contributed by atoms with van der Waals surface area (Å²) in [5.74, 6) is 0.618. The fourth-order valence-electron chi connectivity index (χ4n) is 4.60. The molecule has 3 heterocycles. The van der Waals surface area contributed by atoms with Crippen molar-refractivity contribution in [3.8, 4) is 17.2 Å². The van der Waals surface area contributed by atoms with E-state index in [1.807, 2.05) is 49.6 Å². The van der Waals surface area contributed by atoms with Gasteiger partial charge in [-0.3, -0.25) is 4.79 Å². The zero-order chi connectivity index (χ0) is 26.2. The third-order valence-corrected chi connectivity index (χ3v) is 7.50. The molecule has 0 spiro atoms. The van der Waals surface area contributed by atoms with E-state index in [0.29, 0.717) is 23.3 Å². The molecular weight excluding hydrogens is 493 g/mol. The number of hydrogen-bond acceptors (Lipinski definition) is 8. The van der Waals surface area contributed by atoms with Crippen molar-refractivity contribution in [1.29, 1.82) is 0 Å². The second-order valence-electron chi connectivity index (χ2n) is 9.54. The van der Waals surface area contributed by atoms with Crippen LogP contribution in [0.4, 0.5) is 4.39 Å². The van der Waals surface area contributed by atoms with E-state index >= 15 is 0 Å². The van der Waals surface area contributed by atoms with Crippen LogP contribution >= 0.6 is 11.3 Å². The lowest BCUT2D eigenvalue weighted by molar-refractivity contribution is 0.0728. The van der Waals surface area contributed by atoms with Gasteiger partial charge in [0.15, 0.2) is 0 Å². The monoisotopic (exact) mass is 521 g/mol. The fraction of sp³-hybridized carbons (Fsp3) is 0.333. The number of amides is 1. The Balaban J connectivity index is 1.44. The summed E-state index contributed by atoms with van der Waals surface area (Å²) >= 11 is 1.44. The zero-order valence-corrected chi connectivity index (χ0v) is 21.7. The molecule has 2 aromatic carbocycles. The van der Waals surface area contributed by atoms with Crippen molar-refractivity contribution in [3.05, 3.63) is 81.6 Å². The number of ether oxygens (including phenoxy) is 1. The van der Waals surface area contributed by atoms with Crippen molar-refractivity contribution in [2.24, 2.45) is 5.73 Å². The molecule has 2 N–H and O–H groups in total. The normalized spacial score (nSPS) is 19.1. The minimum absolute atomic E-state index is 0.0131. The van der Waals surface area contributed by atoms with Crippen LogP contribution in [0.1, 0.15) is 51.9 Å². The number of benzene rings is 2. The Morgan fingerprint density at radius 1 is 1.27 bits per heavy atom. The first-order valence-electron chi connectivity index (χ1n) is 12.0. The second-order valence-corrected chi connectivity index (χ2v) is 10.4. The smallest absolute Gasteiger partial charge is 0.254 e. The maximum atomic E-state index is 14.4. The van der Waals surface area contributed by atoms with Crippen molar-refractivity contribution in [1.82, 2.24) is 20.1 Å². The van der Waals surface area contributed by atoms with Crippen LogP contribution in [0, 0.1) is 6.92 Å². The van der Waals surface area contributed by atoms with Crippen molar-refractivity contribution in [2.75, 3.05) is 13.7 Å². The average molecular weight is 522 g/mol. The molecule has 0 radical (unpaired) electrons.